The van der Waals surface area contributed by atoms with Crippen molar-refractivity contribution in [3.05, 3.63) is 64.7 Å². The Balaban J connectivity index is 1.52. The zero-order chi connectivity index (χ0) is 16.8. The minimum atomic E-state index is -0.127. The van der Waals surface area contributed by atoms with Gasteiger partial charge in [-0.05, 0) is 23.9 Å². The third kappa shape index (κ3) is 4.07. The molecule has 1 N–H and O–H groups in total. The van der Waals surface area contributed by atoms with Crippen molar-refractivity contribution >= 4 is 29.0 Å². The summed E-state index contributed by atoms with van der Waals surface area (Å²) in [6.45, 7) is 2.41. The molecule has 0 radical (unpaired) electrons. The van der Waals surface area contributed by atoms with E-state index < -0.39 is 0 Å². The van der Waals surface area contributed by atoms with E-state index in [2.05, 4.69) is 22.6 Å². The number of hydrogen-bond donors (Lipinski definition) is 1. The second-order valence-electron chi connectivity index (χ2n) is 5.24. The number of nitrogens with one attached hydrogen (secondary N) is 1. The zero-order valence-electron chi connectivity index (χ0n) is 13.3. The topological polar surface area (TPSA) is 55.1 Å². The van der Waals surface area contributed by atoms with Crippen molar-refractivity contribution in [3.63, 3.8) is 0 Å². The summed E-state index contributed by atoms with van der Waals surface area (Å²) < 4.78 is 5.34. The normalized spacial score (nSPS) is 10.7. The molecule has 0 aliphatic heterocycles. The summed E-state index contributed by atoms with van der Waals surface area (Å²) in [4.78, 5) is 13.4. The summed E-state index contributed by atoms with van der Waals surface area (Å²) >= 11 is 3.33. The van der Waals surface area contributed by atoms with Crippen LogP contribution in [-0.4, -0.2) is 23.4 Å². The van der Waals surface area contributed by atoms with Crippen molar-refractivity contribution < 1.29 is 9.32 Å². The highest BCUT2D eigenvalue weighted by molar-refractivity contribution is 7.98. The summed E-state index contributed by atoms with van der Waals surface area (Å²) in [7, 11) is 0. The summed E-state index contributed by atoms with van der Waals surface area (Å²) in [6.07, 6.45) is 0. The van der Waals surface area contributed by atoms with Gasteiger partial charge in [0.1, 0.15) is 5.56 Å². The van der Waals surface area contributed by atoms with E-state index in [1.54, 1.807) is 18.7 Å². The first-order chi connectivity index (χ1) is 11.8. The molecule has 0 atom stereocenters. The third-order valence-corrected chi connectivity index (χ3v) is 5.38. The van der Waals surface area contributed by atoms with E-state index in [0.717, 1.165) is 16.4 Å². The average Bonchev–Trinajstić information content (AvgIpc) is 3.24. The number of carbonyl (C=O) groups excluding carboxylic acids is 1. The molecule has 0 spiro atoms. The van der Waals surface area contributed by atoms with Crippen LogP contribution in [0.3, 0.4) is 0 Å². The van der Waals surface area contributed by atoms with Crippen molar-refractivity contribution in [1.29, 1.82) is 0 Å². The van der Waals surface area contributed by atoms with Crippen LogP contribution < -0.4 is 5.32 Å². The van der Waals surface area contributed by atoms with Crippen LogP contribution in [0.25, 0.3) is 10.6 Å². The lowest BCUT2D eigenvalue weighted by molar-refractivity contribution is 0.0956. The Bertz CT molecular complexity index is 783. The number of thioether (sulfide) groups is 1. The van der Waals surface area contributed by atoms with Crippen LogP contribution in [0.4, 0.5) is 0 Å². The zero-order valence-corrected chi connectivity index (χ0v) is 15.0. The maximum absolute atomic E-state index is 12.5. The van der Waals surface area contributed by atoms with Gasteiger partial charge < -0.3 is 9.84 Å². The molecule has 0 fully saturated rings. The van der Waals surface area contributed by atoms with Crippen LogP contribution in [0.15, 0.2) is 52.4 Å². The lowest BCUT2D eigenvalue weighted by Crippen LogP contribution is -2.26. The molecule has 4 nitrogen and oxygen atoms in total. The number of aromatic nitrogens is 1. The monoisotopic (exact) mass is 358 g/mol. The molecule has 0 unspecified atom stereocenters. The van der Waals surface area contributed by atoms with Gasteiger partial charge in [-0.3, -0.25) is 4.79 Å². The molecule has 0 aliphatic carbocycles. The maximum Gasteiger partial charge on any atom is 0.257 e. The fourth-order valence-corrected chi connectivity index (χ4v) is 3.83. The Morgan fingerprint density at radius 2 is 2.08 bits per heavy atom. The van der Waals surface area contributed by atoms with Gasteiger partial charge in [-0.25, -0.2) is 0 Å². The van der Waals surface area contributed by atoms with Crippen molar-refractivity contribution in [2.45, 2.75) is 12.7 Å². The van der Waals surface area contributed by atoms with Gasteiger partial charge in [0, 0.05) is 18.1 Å². The maximum atomic E-state index is 12.5. The second-order valence-corrected chi connectivity index (χ2v) is 7.30. The van der Waals surface area contributed by atoms with Crippen LogP contribution >= 0.6 is 23.1 Å². The standard InChI is InChI=1S/C18H18N2O2S2/c1-13-16(17(22-20-13)15-8-5-10-24-15)18(21)19-9-11-23-12-14-6-3-2-4-7-14/h2-8,10H,9,11-12H2,1H3,(H,19,21). The number of amides is 1. The molecule has 0 saturated heterocycles. The molecule has 1 aromatic carbocycles. The summed E-state index contributed by atoms with van der Waals surface area (Å²) in [5, 5.41) is 8.86. The van der Waals surface area contributed by atoms with E-state index in [4.69, 9.17) is 4.52 Å². The van der Waals surface area contributed by atoms with Crippen LogP contribution in [0.2, 0.25) is 0 Å². The molecule has 24 heavy (non-hydrogen) atoms. The predicted molar refractivity (Wildman–Crippen MR) is 99.5 cm³/mol. The number of hydrogen-bond acceptors (Lipinski definition) is 5. The van der Waals surface area contributed by atoms with Gasteiger partial charge >= 0.3 is 0 Å². The molecule has 6 heteroatoms. The third-order valence-electron chi connectivity index (χ3n) is 3.48. The van der Waals surface area contributed by atoms with Crippen LogP contribution in [0.5, 0.6) is 0 Å². The molecular weight excluding hydrogens is 340 g/mol. The molecule has 124 valence electrons. The van der Waals surface area contributed by atoms with Gasteiger partial charge in [0.2, 0.25) is 0 Å². The van der Waals surface area contributed by atoms with Gasteiger partial charge in [-0.1, -0.05) is 41.6 Å². The molecule has 0 saturated carbocycles. The van der Waals surface area contributed by atoms with Gasteiger partial charge in [-0.2, -0.15) is 11.8 Å². The van der Waals surface area contributed by atoms with Crippen molar-refractivity contribution in [2.75, 3.05) is 12.3 Å². The molecule has 1 amide bonds. The molecule has 0 bridgehead atoms. The van der Waals surface area contributed by atoms with Gasteiger partial charge in [0.25, 0.3) is 5.91 Å². The lowest BCUT2D eigenvalue weighted by atomic mass is 10.1. The number of carbonyl (C=O) groups is 1. The van der Waals surface area contributed by atoms with Crippen molar-refractivity contribution in [3.8, 4) is 10.6 Å². The SMILES string of the molecule is Cc1noc(-c2cccs2)c1C(=O)NCCSCc1ccccc1. The largest absolute Gasteiger partial charge is 0.354 e. The average molecular weight is 358 g/mol. The van der Waals surface area contributed by atoms with Gasteiger partial charge in [-0.15, -0.1) is 11.3 Å². The fourth-order valence-electron chi connectivity index (χ4n) is 2.30. The number of aryl methyl sites for hydroxylation is 1. The predicted octanol–water partition coefficient (Wildman–Crippen LogP) is 4.37. The highest BCUT2D eigenvalue weighted by atomic mass is 32.2. The van der Waals surface area contributed by atoms with Crippen LogP contribution in [0.1, 0.15) is 21.6 Å². The van der Waals surface area contributed by atoms with Crippen molar-refractivity contribution in [1.82, 2.24) is 10.5 Å². The van der Waals surface area contributed by atoms with E-state index in [1.165, 1.54) is 16.9 Å². The number of rotatable bonds is 7. The number of benzene rings is 1. The van der Waals surface area contributed by atoms with E-state index in [9.17, 15) is 4.79 Å². The lowest BCUT2D eigenvalue weighted by Gasteiger charge is -2.05. The first kappa shape index (κ1) is 16.8. The Morgan fingerprint density at radius 3 is 2.83 bits per heavy atom. The quantitative estimate of drug-likeness (QED) is 0.637. The summed E-state index contributed by atoms with van der Waals surface area (Å²) in [6, 6.07) is 14.2. The molecule has 2 heterocycles. The number of thiophene rings is 1. The van der Waals surface area contributed by atoms with Gasteiger partial charge in [0.05, 0.1) is 10.6 Å². The molecule has 2 aromatic heterocycles. The van der Waals surface area contributed by atoms with E-state index in [-0.39, 0.29) is 5.91 Å². The van der Waals surface area contributed by atoms with Crippen molar-refractivity contribution in [2.24, 2.45) is 0 Å². The summed E-state index contributed by atoms with van der Waals surface area (Å²) in [5.74, 6) is 2.23. The minimum Gasteiger partial charge on any atom is -0.354 e. The highest BCUT2D eigenvalue weighted by Crippen LogP contribution is 2.29. The second kappa shape index (κ2) is 8.17. The van der Waals surface area contributed by atoms with E-state index in [0.29, 0.717) is 23.6 Å². The Labute approximate surface area is 149 Å². The first-order valence-corrected chi connectivity index (χ1v) is 9.69. The Kier molecular flexibility index (Phi) is 5.72. The molecule has 3 aromatic rings. The fraction of sp³-hybridized carbons (Fsp3) is 0.222. The highest BCUT2D eigenvalue weighted by Gasteiger charge is 2.21. The summed E-state index contributed by atoms with van der Waals surface area (Å²) in [5.41, 5.74) is 2.45. The Morgan fingerprint density at radius 1 is 1.25 bits per heavy atom. The van der Waals surface area contributed by atoms with E-state index in [1.807, 2.05) is 35.7 Å². The smallest absolute Gasteiger partial charge is 0.257 e. The molecule has 3 rings (SSSR count). The Hall–Kier alpha value is -2.05. The number of nitrogens with zero attached hydrogens (tertiary/aromatic N) is 1. The molecule has 0 aliphatic rings. The molecular formula is C18H18N2O2S2. The van der Waals surface area contributed by atoms with Crippen LogP contribution in [-0.2, 0) is 5.75 Å². The van der Waals surface area contributed by atoms with Crippen LogP contribution in [0, 0.1) is 6.92 Å². The first-order valence-electron chi connectivity index (χ1n) is 7.65. The van der Waals surface area contributed by atoms with Gasteiger partial charge in [0.15, 0.2) is 5.76 Å². The minimum absolute atomic E-state index is 0.127. The van der Waals surface area contributed by atoms with E-state index >= 15 is 0 Å².